The Morgan fingerprint density at radius 3 is 2.18 bits per heavy atom. The zero-order valence-electron chi connectivity index (χ0n) is 12.2. The van der Waals surface area contributed by atoms with Crippen LogP contribution in [0.1, 0.15) is 17.2 Å². The number of rotatable bonds is 3. The van der Waals surface area contributed by atoms with E-state index >= 15 is 0 Å². The van der Waals surface area contributed by atoms with E-state index in [9.17, 15) is 4.79 Å². The lowest BCUT2D eigenvalue weighted by atomic mass is 9.92. The van der Waals surface area contributed by atoms with Crippen molar-refractivity contribution < 1.29 is 9.53 Å². The van der Waals surface area contributed by atoms with Gasteiger partial charge in [-0.25, -0.2) is 0 Å². The summed E-state index contributed by atoms with van der Waals surface area (Å²) in [5.74, 6) is 0.760. The molecule has 0 aromatic heterocycles. The van der Waals surface area contributed by atoms with Gasteiger partial charge in [-0.15, -0.1) is 0 Å². The van der Waals surface area contributed by atoms with Crippen LogP contribution in [-0.4, -0.2) is 16.3 Å². The number of ether oxygens (including phenoxy) is 1. The number of alkyl halides is 2. The van der Waals surface area contributed by atoms with Gasteiger partial charge < -0.3 is 9.64 Å². The van der Waals surface area contributed by atoms with Gasteiger partial charge in [0.25, 0.3) is 5.91 Å². The quantitative estimate of drug-likeness (QED) is 0.533. The standard InChI is InChI=1S/C17H15Br2NO2/c1-11-3-5-12(6-4-11)15-17(18,19)16(21)20(15)13-7-9-14(22-2)10-8-13/h3-10,15H,1-2H3. The third-order valence-electron chi connectivity index (χ3n) is 3.85. The third kappa shape index (κ3) is 2.46. The van der Waals surface area contributed by atoms with Crippen molar-refractivity contribution in [1.82, 2.24) is 0 Å². The van der Waals surface area contributed by atoms with Crippen molar-refractivity contribution in [3.05, 3.63) is 59.7 Å². The molecule has 1 saturated heterocycles. The smallest absolute Gasteiger partial charge is 0.257 e. The summed E-state index contributed by atoms with van der Waals surface area (Å²) in [6.45, 7) is 2.05. The molecule has 1 amide bonds. The van der Waals surface area contributed by atoms with Crippen LogP contribution in [0.25, 0.3) is 0 Å². The molecule has 3 rings (SSSR count). The van der Waals surface area contributed by atoms with Gasteiger partial charge in [0.2, 0.25) is 0 Å². The summed E-state index contributed by atoms with van der Waals surface area (Å²) in [7, 11) is 1.63. The molecule has 1 aliphatic heterocycles. The van der Waals surface area contributed by atoms with E-state index in [-0.39, 0.29) is 11.9 Å². The van der Waals surface area contributed by atoms with E-state index in [0.717, 1.165) is 17.0 Å². The Balaban J connectivity index is 1.98. The van der Waals surface area contributed by atoms with E-state index in [2.05, 4.69) is 56.1 Å². The number of aryl methyl sites for hydroxylation is 1. The number of hydrogen-bond donors (Lipinski definition) is 0. The van der Waals surface area contributed by atoms with Crippen LogP contribution in [0.3, 0.4) is 0 Å². The lowest BCUT2D eigenvalue weighted by Gasteiger charge is -2.50. The first-order chi connectivity index (χ1) is 10.4. The number of carbonyl (C=O) groups is 1. The number of amides is 1. The summed E-state index contributed by atoms with van der Waals surface area (Å²) in [5, 5.41) is 0. The second-order valence-corrected chi connectivity index (χ2v) is 8.88. The summed E-state index contributed by atoms with van der Waals surface area (Å²) in [5.41, 5.74) is 3.13. The number of halogens is 2. The molecule has 0 spiro atoms. The fourth-order valence-electron chi connectivity index (χ4n) is 2.61. The van der Waals surface area contributed by atoms with Crippen LogP contribution in [0.4, 0.5) is 5.69 Å². The molecule has 1 fully saturated rings. The van der Waals surface area contributed by atoms with Crippen molar-refractivity contribution in [2.24, 2.45) is 0 Å². The van der Waals surface area contributed by atoms with Crippen molar-refractivity contribution in [2.75, 3.05) is 12.0 Å². The molecule has 1 aliphatic rings. The Kier molecular flexibility index (Phi) is 4.03. The van der Waals surface area contributed by atoms with Gasteiger partial charge in [-0.3, -0.25) is 4.79 Å². The Bertz CT molecular complexity index is 696. The Labute approximate surface area is 146 Å². The minimum atomic E-state index is -0.755. The van der Waals surface area contributed by atoms with Gasteiger partial charge in [0, 0.05) is 5.69 Å². The molecular weight excluding hydrogens is 410 g/mol. The molecule has 5 heteroatoms. The molecule has 0 saturated carbocycles. The molecule has 2 aromatic carbocycles. The van der Waals surface area contributed by atoms with Crippen molar-refractivity contribution in [1.29, 1.82) is 0 Å². The topological polar surface area (TPSA) is 29.5 Å². The van der Waals surface area contributed by atoms with Gasteiger partial charge in [0.05, 0.1) is 13.2 Å². The Hall–Kier alpha value is -1.33. The summed E-state index contributed by atoms with van der Waals surface area (Å²) < 4.78 is 4.42. The van der Waals surface area contributed by atoms with Crippen molar-refractivity contribution in [3.63, 3.8) is 0 Å². The monoisotopic (exact) mass is 423 g/mol. The maximum absolute atomic E-state index is 12.5. The number of anilines is 1. The number of methoxy groups -OCH3 is 1. The second kappa shape index (κ2) is 5.70. The van der Waals surface area contributed by atoms with Crippen molar-refractivity contribution in [3.8, 4) is 5.75 Å². The first kappa shape index (κ1) is 15.6. The van der Waals surface area contributed by atoms with Crippen LogP contribution in [0, 0.1) is 6.92 Å². The minimum absolute atomic E-state index is 0.0109. The van der Waals surface area contributed by atoms with Crippen LogP contribution in [-0.2, 0) is 4.79 Å². The first-order valence-electron chi connectivity index (χ1n) is 6.87. The molecule has 0 radical (unpaired) electrons. The highest BCUT2D eigenvalue weighted by Gasteiger charge is 2.59. The summed E-state index contributed by atoms with van der Waals surface area (Å²) in [4.78, 5) is 14.3. The van der Waals surface area contributed by atoms with Crippen LogP contribution >= 0.6 is 31.9 Å². The predicted molar refractivity (Wildman–Crippen MR) is 95.0 cm³/mol. The van der Waals surface area contributed by atoms with Crippen LogP contribution < -0.4 is 9.64 Å². The Morgan fingerprint density at radius 2 is 1.64 bits per heavy atom. The van der Waals surface area contributed by atoms with Gasteiger partial charge in [0.1, 0.15) is 5.75 Å². The maximum atomic E-state index is 12.5. The molecule has 3 nitrogen and oxygen atoms in total. The fraction of sp³-hybridized carbons (Fsp3) is 0.235. The highest BCUT2D eigenvalue weighted by atomic mass is 79.9. The maximum Gasteiger partial charge on any atom is 0.257 e. The molecule has 1 heterocycles. The largest absolute Gasteiger partial charge is 0.497 e. The first-order valence-corrected chi connectivity index (χ1v) is 8.46. The molecule has 0 N–H and O–H groups in total. The molecule has 0 bridgehead atoms. The lowest BCUT2D eigenvalue weighted by molar-refractivity contribution is -0.124. The highest BCUT2D eigenvalue weighted by Crippen LogP contribution is 2.55. The summed E-state index contributed by atoms with van der Waals surface area (Å²) in [6.07, 6.45) is 0. The number of β-lactam (4-membered cyclic amide) rings is 1. The number of hydrogen-bond acceptors (Lipinski definition) is 2. The zero-order chi connectivity index (χ0) is 15.9. The molecule has 22 heavy (non-hydrogen) atoms. The average Bonchev–Trinajstić information content (AvgIpc) is 2.53. The van der Waals surface area contributed by atoms with Crippen LogP contribution in [0.2, 0.25) is 0 Å². The Morgan fingerprint density at radius 1 is 1.05 bits per heavy atom. The van der Waals surface area contributed by atoms with Gasteiger partial charge >= 0.3 is 0 Å². The normalized spacial score (nSPS) is 19.7. The molecular formula is C17H15Br2NO2. The fourth-order valence-corrected chi connectivity index (χ4v) is 3.93. The molecule has 114 valence electrons. The minimum Gasteiger partial charge on any atom is -0.497 e. The summed E-state index contributed by atoms with van der Waals surface area (Å²) >= 11 is 7.04. The third-order valence-corrected chi connectivity index (χ3v) is 5.39. The zero-order valence-corrected chi connectivity index (χ0v) is 15.4. The molecule has 1 unspecified atom stereocenters. The van der Waals surface area contributed by atoms with E-state index in [1.54, 1.807) is 12.0 Å². The van der Waals surface area contributed by atoms with Gasteiger partial charge in [-0.1, -0.05) is 61.7 Å². The van der Waals surface area contributed by atoms with E-state index in [1.807, 2.05) is 31.2 Å². The number of nitrogens with zero attached hydrogens (tertiary/aromatic N) is 1. The van der Waals surface area contributed by atoms with E-state index in [1.165, 1.54) is 5.56 Å². The van der Waals surface area contributed by atoms with E-state index in [0.29, 0.717) is 0 Å². The van der Waals surface area contributed by atoms with Gasteiger partial charge in [-0.05, 0) is 36.8 Å². The molecule has 2 aromatic rings. The molecule has 1 atom stereocenters. The lowest BCUT2D eigenvalue weighted by Crippen LogP contribution is -2.62. The van der Waals surface area contributed by atoms with Gasteiger partial charge in [0.15, 0.2) is 3.23 Å². The van der Waals surface area contributed by atoms with Crippen molar-refractivity contribution >= 4 is 43.5 Å². The van der Waals surface area contributed by atoms with Crippen LogP contribution in [0.15, 0.2) is 48.5 Å². The number of benzene rings is 2. The summed E-state index contributed by atoms with van der Waals surface area (Å²) in [6, 6.07) is 15.6. The van der Waals surface area contributed by atoms with Gasteiger partial charge in [-0.2, -0.15) is 0 Å². The van der Waals surface area contributed by atoms with Crippen molar-refractivity contribution in [2.45, 2.75) is 16.2 Å². The number of carbonyl (C=O) groups excluding carboxylic acids is 1. The second-order valence-electron chi connectivity index (χ2n) is 5.31. The average molecular weight is 425 g/mol. The van der Waals surface area contributed by atoms with E-state index in [4.69, 9.17) is 4.74 Å². The molecule has 0 aliphatic carbocycles. The van der Waals surface area contributed by atoms with Crippen LogP contribution in [0.5, 0.6) is 5.75 Å². The SMILES string of the molecule is COc1ccc(N2C(=O)C(Br)(Br)C2c2ccc(C)cc2)cc1. The van der Waals surface area contributed by atoms with E-state index < -0.39 is 3.23 Å². The predicted octanol–water partition coefficient (Wildman–Crippen LogP) is 4.58. The highest BCUT2D eigenvalue weighted by molar-refractivity contribution is 9.26.